The molecule has 0 saturated carbocycles. The Hall–Kier alpha value is -0.970. The van der Waals surface area contributed by atoms with Gasteiger partial charge in [0.05, 0.1) is 5.54 Å². The van der Waals surface area contributed by atoms with Crippen LogP contribution in [0, 0.1) is 5.92 Å². The minimum Gasteiger partial charge on any atom is -0.308 e. The van der Waals surface area contributed by atoms with Crippen molar-refractivity contribution in [2.24, 2.45) is 5.92 Å². The molecule has 5 heteroatoms. The lowest BCUT2D eigenvalue weighted by Crippen LogP contribution is -2.45. The Kier molecular flexibility index (Phi) is 2.88. The summed E-state index contributed by atoms with van der Waals surface area (Å²) in [6.07, 6.45) is 5.85. The van der Waals surface area contributed by atoms with Gasteiger partial charge in [0, 0.05) is 18.5 Å². The van der Waals surface area contributed by atoms with Crippen LogP contribution in [0.15, 0.2) is 0 Å². The average Bonchev–Trinajstić information content (AvgIpc) is 2.88. The third kappa shape index (κ3) is 1.76. The molecule has 1 aromatic heterocycles. The Morgan fingerprint density at radius 2 is 2.22 bits per heavy atom. The van der Waals surface area contributed by atoms with Gasteiger partial charge in [0.1, 0.15) is 0 Å². The number of aromatic nitrogens is 4. The quantitative estimate of drug-likeness (QED) is 0.819. The molecule has 0 aliphatic carbocycles. The summed E-state index contributed by atoms with van der Waals surface area (Å²) in [5.41, 5.74) is 0.0498. The molecule has 0 spiro atoms. The van der Waals surface area contributed by atoms with Gasteiger partial charge in [0.15, 0.2) is 5.82 Å². The summed E-state index contributed by atoms with van der Waals surface area (Å²) >= 11 is 0. The summed E-state index contributed by atoms with van der Waals surface area (Å²) in [4.78, 5) is 0. The zero-order valence-electron chi connectivity index (χ0n) is 11.6. The van der Waals surface area contributed by atoms with E-state index in [9.17, 15) is 0 Å². The third-order valence-corrected chi connectivity index (χ3v) is 4.76. The first kappa shape index (κ1) is 12.1. The second-order valence-corrected chi connectivity index (χ2v) is 6.38. The van der Waals surface area contributed by atoms with Crippen LogP contribution >= 0.6 is 0 Å². The molecule has 18 heavy (non-hydrogen) atoms. The molecular weight excluding hydrogens is 226 g/mol. The van der Waals surface area contributed by atoms with Crippen LogP contribution in [-0.4, -0.2) is 32.3 Å². The highest BCUT2D eigenvalue weighted by molar-refractivity contribution is 5.07. The number of nitrogens with one attached hydrogen (secondary N) is 1. The highest BCUT2D eigenvalue weighted by atomic mass is 15.6. The van der Waals surface area contributed by atoms with Crippen LogP contribution in [0.3, 0.4) is 0 Å². The van der Waals surface area contributed by atoms with Gasteiger partial charge in [0.2, 0.25) is 0 Å². The maximum Gasteiger partial charge on any atom is 0.151 e. The number of rotatable bonds is 1. The second-order valence-electron chi connectivity index (χ2n) is 6.38. The van der Waals surface area contributed by atoms with Gasteiger partial charge in [-0.2, -0.15) is 0 Å². The molecule has 0 aromatic carbocycles. The molecule has 1 aromatic rings. The normalized spacial score (nSPS) is 36.0. The summed E-state index contributed by atoms with van der Waals surface area (Å²) in [5.74, 6) is 1.73. The first-order chi connectivity index (χ1) is 8.61. The van der Waals surface area contributed by atoms with Crippen molar-refractivity contribution in [1.82, 2.24) is 25.5 Å². The van der Waals surface area contributed by atoms with Gasteiger partial charge in [0.25, 0.3) is 0 Å². The molecule has 1 fully saturated rings. The fourth-order valence-electron chi connectivity index (χ4n) is 3.53. The molecular formula is C13H23N5. The van der Waals surface area contributed by atoms with Crippen molar-refractivity contribution in [2.75, 3.05) is 0 Å². The van der Waals surface area contributed by atoms with E-state index in [1.165, 1.54) is 19.3 Å². The van der Waals surface area contributed by atoms with Gasteiger partial charge in [-0.3, -0.25) is 0 Å². The van der Waals surface area contributed by atoms with Crippen molar-refractivity contribution in [3.05, 3.63) is 5.82 Å². The highest BCUT2D eigenvalue weighted by Gasteiger charge is 2.47. The lowest BCUT2D eigenvalue weighted by atomic mass is 9.85. The zero-order chi connectivity index (χ0) is 12.8. The molecule has 1 N–H and O–H groups in total. The monoisotopic (exact) mass is 249 g/mol. The Labute approximate surface area is 108 Å². The topological polar surface area (TPSA) is 55.6 Å². The number of nitrogens with zero attached hydrogens (tertiary/aromatic N) is 4. The van der Waals surface area contributed by atoms with Crippen molar-refractivity contribution >= 4 is 0 Å². The zero-order valence-corrected chi connectivity index (χ0v) is 11.6. The first-order valence-electron chi connectivity index (χ1n) is 7.15. The van der Waals surface area contributed by atoms with Gasteiger partial charge in [-0.05, 0) is 42.5 Å². The van der Waals surface area contributed by atoms with E-state index < -0.39 is 0 Å². The molecule has 0 bridgehead atoms. The van der Waals surface area contributed by atoms with E-state index >= 15 is 0 Å². The maximum absolute atomic E-state index is 4.28. The fourth-order valence-corrected chi connectivity index (χ4v) is 3.53. The smallest absolute Gasteiger partial charge is 0.151 e. The number of aryl methyl sites for hydroxylation is 1. The van der Waals surface area contributed by atoms with E-state index in [0.29, 0.717) is 18.0 Å². The molecule has 0 unspecified atom stereocenters. The second kappa shape index (κ2) is 4.30. The first-order valence-corrected chi connectivity index (χ1v) is 7.15. The average molecular weight is 249 g/mol. The van der Waals surface area contributed by atoms with Crippen LogP contribution in [0.5, 0.6) is 0 Å². The molecule has 100 valence electrons. The van der Waals surface area contributed by atoms with E-state index in [4.69, 9.17) is 0 Å². The van der Waals surface area contributed by atoms with E-state index in [1.54, 1.807) is 0 Å². The van der Waals surface area contributed by atoms with Gasteiger partial charge in [-0.15, -0.1) is 5.10 Å². The summed E-state index contributed by atoms with van der Waals surface area (Å²) in [6.45, 7) is 6.90. The molecule has 5 nitrogen and oxygen atoms in total. The standard InChI is InChI=1S/C13H23N5/c1-9(2)10-8-13(3)11(14-10)6-4-5-7-12-15-16-17-18(12)13/h9-11,14H,4-8H2,1-3H3/t10-,11-,13-/m0/s1. The van der Waals surface area contributed by atoms with Crippen LogP contribution in [0.4, 0.5) is 0 Å². The largest absolute Gasteiger partial charge is 0.308 e. The molecule has 0 radical (unpaired) electrons. The van der Waals surface area contributed by atoms with E-state index in [2.05, 4.69) is 46.3 Å². The predicted molar refractivity (Wildman–Crippen MR) is 69.2 cm³/mol. The van der Waals surface area contributed by atoms with Crippen LogP contribution in [0.1, 0.15) is 52.3 Å². The summed E-state index contributed by atoms with van der Waals surface area (Å²) < 4.78 is 2.10. The third-order valence-electron chi connectivity index (χ3n) is 4.76. The Balaban J connectivity index is 1.98. The SMILES string of the molecule is CC(C)[C@@H]1C[C@@]2(C)[C@H](CCCCc3nnnn32)N1. The summed E-state index contributed by atoms with van der Waals surface area (Å²) in [5, 5.41) is 16.2. The lowest BCUT2D eigenvalue weighted by molar-refractivity contribution is 0.215. The van der Waals surface area contributed by atoms with Gasteiger partial charge < -0.3 is 5.32 Å². The van der Waals surface area contributed by atoms with Crippen LogP contribution < -0.4 is 5.32 Å². The van der Waals surface area contributed by atoms with Crippen molar-refractivity contribution in [3.63, 3.8) is 0 Å². The van der Waals surface area contributed by atoms with Gasteiger partial charge in [-0.25, -0.2) is 4.68 Å². The minimum absolute atomic E-state index is 0.0498. The van der Waals surface area contributed by atoms with E-state index in [0.717, 1.165) is 18.7 Å². The summed E-state index contributed by atoms with van der Waals surface area (Å²) in [7, 11) is 0. The minimum atomic E-state index is 0.0498. The van der Waals surface area contributed by atoms with E-state index in [1.807, 2.05) is 0 Å². The molecule has 0 amide bonds. The van der Waals surface area contributed by atoms with Crippen molar-refractivity contribution < 1.29 is 0 Å². The molecule has 3 heterocycles. The highest BCUT2D eigenvalue weighted by Crippen LogP contribution is 2.38. The predicted octanol–water partition coefficient (Wildman–Crippen LogP) is 1.50. The van der Waals surface area contributed by atoms with Crippen molar-refractivity contribution in [1.29, 1.82) is 0 Å². The Morgan fingerprint density at radius 3 is 3.00 bits per heavy atom. The summed E-state index contributed by atoms with van der Waals surface area (Å²) in [6, 6.07) is 1.09. The Morgan fingerprint density at radius 1 is 1.39 bits per heavy atom. The number of fused-ring (bicyclic) bond motifs is 3. The maximum atomic E-state index is 4.28. The lowest BCUT2D eigenvalue weighted by Gasteiger charge is -2.33. The molecule has 2 aliphatic heterocycles. The van der Waals surface area contributed by atoms with E-state index in [-0.39, 0.29) is 5.54 Å². The number of hydrogen-bond acceptors (Lipinski definition) is 4. The molecule has 3 rings (SSSR count). The van der Waals surface area contributed by atoms with Gasteiger partial charge >= 0.3 is 0 Å². The Bertz CT molecular complexity index is 427. The number of hydrogen-bond donors (Lipinski definition) is 1. The fraction of sp³-hybridized carbons (Fsp3) is 0.923. The molecule has 3 atom stereocenters. The van der Waals surface area contributed by atoms with Crippen LogP contribution in [0.2, 0.25) is 0 Å². The molecule has 1 saturated heterocycles. The molecule has 2 aliphatic rings. The van der Waals surface area contributed by atoms with Gasteiger partial charge in [-0.1, -0.05) is 20.3 Å². The van der Waals surface area contributed by atoms with Crippen LogP contribution in [0.25, 0.3) is 0 Å². The van der Waals surface area contributed by atoms with Crippen molar-refractivity contribution in [2.45, 2.75) is 70.5 Å². The van der Waals surface area contributed by atoms with Crippen LogP contribution in [-0.2, 0) is 12.0 Å². The van der Waals surface area contributed by atoms with Crippen molar-refractivity contribution in [3.8, 4) is 0 Å². The number of tetrazole rings is 1.